The van der Waals surface area contributed by atoms with Crippen LogP contribution in [0, 0.1) is 5.92 Å². The first-order valence-electron chi connectivity index (χ1n) is 6.51. The Hall–Kier alpha value is -1.06. The third-order valence-electron chi connectivity index (χ3n) is 3.17. The highest BCUT2D eigenvalue weighted by molar-refractivity contribution is 5.97. The largest absolute Gasteiger partial charge is 0.343 e. The van der Waals surface area contributed by atoms with Gasteiger partial charge in [0.1, 0.15) is 12.1 Å². The Bertz CT molecular complexity index is 300. The molecule has 1 rings (SSSR count). The molecule has 2 amide bonds. The lowest BCUT2D eigenvalue weighted by molar-refractivity contribution is -0.152. The predicted octanol–water partition coefficient (Wildman–Crippen LogP) is 1.55. The standard InChI is InChI=1S/C13H24N2O2/c1-6-10-13(17)15(9(4)5)11(7-8(2)3)12(16)14-10/h8-11H,6-7H2,1-5H3,(H,14,16). The second-order valence-electron chi connectivity index (χ2n) is 5.45. The normalized spacial score (nSPS) is 25.7. The first kappa shape index (κ1) is 14.0. The Morgan fingerprint density at radius 3 is 2.24 bits per heavy atom. The van der Waals surface area contributed by atoms with Crippen molar-refractivity contribution in [3.63, 3.8) is 0 Å². The fourth-order valence-corrected chi connectivity index (χ4v) is 2.35. The van der Waals surface area contributed by atoms with Crippen molar-refractivity contribution in [1.29, 1.82) is 0 Å². The molecule has 0 aromatic rings. The van der Waals surface area contributed by atoms with Crippen LogP contribution >= 0.6 is 0 Å². The number of amides is 2. The van der Waals surface area contributed by atoms with Crippen molar-refractivity contribution in [3.8, 4) is 0 Å². The number of carbonyl (C=O) groups excluding carboxylic acids is 2. The van der Waals surface area contributed by atoms with Gasteiger partial charge in [-0.05, 0) is 32.6 Å². The molecule has 17 heavy (non-hydrogen) atoms. The van der Waals surface area contributed by atoms with Crippen LogP contribution in [0.1, 0.15) is 47.5 Å². The minimum atomic E-state index is -0.340. The van der Waals surface area contributed by atoms with E-state index in [1.165, 1.54) is 0 Å². The van der Waals surface area contributed by atoms with Crippen molar-refractivity contribution >= 4 is 11.8 Å². The van der Waals surface area contributed by atoms with Crippen molar-refractivity contribution in [2.45, 2.75) is 65.6 Å². The van der Waals surface area contributed by atoms with Crippen LogP contribution in [0.2, 0.25) is 0 Å². The molecule has 4 heteroatoms. The molecular weight excluding hydrogens is 216 g/mol. The van der Waals surface area contributed by atoms with E-state index >= 15 is 0 Å². The van der Waals surface area contributed by atoms with Gasteiger partial charge in [0.25, 0.3) is 0 Å². The summed E-state index contributed by atoms with van der Waals surface area (Å²) in [6, 6.07) is -0.565. The molecule has 0 saturated carbocycles. The lowest BCUT2D eigenvalue weighted by Gasteiger charge is -2.41. The molecule has 1 fully saturated rings. The van der Waals surface area contributed by atoms with Crippen LogP contribution in [0.4, 0.5) is 0 Å². The zero-order chi connectivity index (χ0) is 13.2. The van der Waals surface area contributed by atoms with Crippen molar-refractivity contribution < 1.29 is 9.59 Å². The highest BCUT2D eigenvalue weighted by Crippen LogP contribution is 2.20. The maximum absolute atomic E-state index is 12.2. The summed E-state index contributed by atoms with van der Waals surface area (Å²) in [6.45, 7) is 10.0. The smallest absolute Gasteiger partial charge is 0.246 e. The van der Waals surface area contributed by atoms with E-state index in [4.69, 9.17) is 0 Å². The van der Waals surface area contributed by atoms with E-state index in [1.807, 2.05) is 20.8 Å². The fourth-order valence-electron chi connectivity index (χ4n) is 2.35. The molecule has 0 aromatic heterocycles. The summed E-state index contributed by atoms with van der Waals surface area (Å²) >= 11 is 0. The highest BCUT2D eigenvalue weighted by atomic mass is 16.2. The van der Waals surface area contributed by atoms with E-state index in [0.717, 1.165) is 6.42 Å². The summed E-state index contributed by atoms with van der Waals surface area (Å²) in [7, 11) is 0. The Balaban J connectivity index is 2.94. The van der Waals surface area contributed by atoms with E-state index in [-0.39, 0.29) is 29.9 Å². The Labute approximate surface area is 104 Å². The van der Waals surface area contributed by atoms with Gasteiger partial charge < -0.3 is 10.2 Å². The van der Waals surface area contributed by atoms with Gasteiger partial charge in [-0.2, -0.15) is 0 Å². The third kappa shape index (κ3) is 2.99. The third-order valence-corrected chi connectivity index (χ3v) is 3.17. The molecule has 1 heterocycles. The fraction of sp³-hybridized carbons (Fsp3) is 0.846. The van der Waals surface area contributed by atoms with Crippen molar-refractivity contribution in [1.82, 2.24) is 10.2 Å². The predicted molar refractivity (Wildman–Crippen MR) is 67.4 cm³/mol. The number of hydrogen-bond donors (Lipinski definition) is 1. The second kappa shape index (κ2) is 5.52. The number of nitrogens with one attached hydrogen (secondary N) is 1. The van der Waals surface area contributed by atoms with Crippen LogP contribution in [0.3, 0.4) is 0 Å². The Kier molecular flexibility index (Phi) is 4.54. The Morgan fingerprint density at radius 1 is 1.24 bits per heavy atom. The summed E-state index contributed by atoms with van der Waals surface area (Å²) in [5.41, 5.74) is 0. The quantitative estimate of drug-likeness (QED) is 0.810. The zero-order valence-corrected chi connectivity index (χ0v) is 11.5. The van der Waals surface area contributed by atoms with Crippen molar-refractivity contribution in [3.05, 3.63) is 0 Å². The van der Waals surface area contributed by atoms with Gasteiger partial charge in [-0.15, -0.1) is 0 Å². The summed E-state index contributed by atoms with van der Waals surface area (Å²) in [5, 5.41) is 2.83. The molecule has 0 radical (unpaired) electrons. The lowest BCUT2D eigenvalue weighted by atomic mass is 9.96. The van der Waals surface area contributed by atoms with Crippen molar-refractivity contribution in [2.75, 3.05) is 0 Å². The SMILES string of the molecule is CCC1NC(=O)C(CC(C)C)N(C(C)C)C1=O. The molecule has 2 unspecified atom stereocenters. The summed E-state index contributed by atoms with van der Waals surface area (Å²) < 4.78 is 0. The van der Waals surface area contributed by atoms with Gasteiger partial charge in [-0.25, -0.2) is 0 Å². The van der Waals surface area contributed by atoms with Crippen molar-refractivity contribution in [2.24, 2.45) is 5.92 Å². The second-order valence-corrected chi connectivity index (χ2v) is 5.45. The average Bonchev–Trinajstić information content (AvgIpc) is 2.21. The first-order valence-corrected chi connectivity index (χ1v) is 6.51. The molecule has 2 atom stereocenters. The maximum atomic E-state index is 12.2. The number of piperazine rings is 1. The molecule has 1 saturated heterocycles. The summed E-state index contributed by atoms with van der Waals surface area (Å²) in [4.78, 5) is 26.1. The maximum Gasteiger partial charge on any atom is 0.246 e. The summed E-state index contributed by atoms with van der Waals surface area (Å²) in [6.07, 6.45) is 1.38. The molecule has 0 bridgehead atoms. The molecule has 4 nitrogen and oxygen atoms in total. The monoisotopic (exact) mass is 240 g/mol. The van der Waals surface area contributed by atoms with Gasteiger partial charge in [0.15, 0.2) is 0 Å². The number of rotatable bonds is 4. The minimum Gasteiger partial charge on any atom is -0.343 e. The van der Waals surface area contributed by atoms with Gasteiger partial charge in [0.2, 0.25) is 11.8 Å². The number of nitrogens with zero attached hydrogens (tertiary/aromatic N) is 1. The van der Waals surface area contributed by atoms with Crippen LogP contribution < -0.4 is 5.32 Å². The lowest BCUT2D eigenvalue weighted by Crippen LogP contribution is -2.65. The molecule has 0 spiro atoms. The molecule has 1 aliphatic heterocycles. The van der Waals surface area contributed by atoms with E-state index in [2.05, 4.69) is 19.2 Å². The topological polar surface area (TPSA) is 49.4 Å². The molecular formula is C13H24N2O2. The number of hydrogen-bond acceptors (Lipinski definition) is 2. The van der Waals surface area contributed by atoms with E-state index in [9.17, 15) is 9.59 Å². The van der Waals surface area contributed by atoms with Gasteiger partial charge in [-0.3, -0.25) is 9.59 Å². The molecule has 0 aromatic carbocycles. The van der Waals surface area contributed by atoms with Gasteiger partial charge in [-0.1, -0.05) is 20.8 Å². The molecule has 1 N–H and O–H groups in total. The molecule has 0 aliphatic carbocycles. The van der Waals surface area contributed by atoms with Crippen LogP contribution in [0.25, 0.3) is 0 Å². The minimum absolute atomic E-state index is 0.00106. The molecule has 98 valence electrons. The van der Waals surface area contributed by atoms with Gasteiger partial charge in [0, 0.05) is 6.04 Å². The van der Waals surface area contributed by atoms with E-state index < -0.39 is 0 Å². The van der Waals surface area contributed by atoms with Crippen LogP contribution in [0.5, 0.6) is 0 Å². The summed E-state index contributed by atoms with van der Waals surface area (Å²) in [5.74, 6) is 0.463. The van der Waals surface area contributed by atoms with Gasteiger partial charge >= 0.3 is 0 Å². The van der Waals surface area contributed by atoms with Gasteiger partial charge in [0.05, 0.1) is 0 Å². The van der Waals surface area contributed by atoms with Crippen LogP contribution in [-0.2, 0) is 9.59 Å². The van der Waals surface area contributed by atoms with E-state index in [0.29, 0.717) is 12.3 Å². The van der Waals surface area contributed by atoms with Crippen LogP contribution in [-0.4, -0.2) is 34.8 Å². The molecule has 1 aliphatic rings. The Morgan fingerprint density at radius 2 is 1.82 bits per heavy atom. The average molecular weight is 240 g/mol. The zero-order valence-electron chi connectivity index (χ0n) is 11.5. The van der Waals surface area contributed by atoms with Crippen LogP contribution in [0.15, 0.2) is 0 Å². The van der Waals surface area contributed by atoms with E-state index in [1.54, 1.807) is 4.90 Å². The highest BCUT2D eigenvalue weighted by Gasteiger charge is 2.40. The first-order chi connectivity index (χ1) is 7.88. The number of carbonyl (C=O) groups is 2.